The van der Waals surface area contributed by atoms with E-state index in [1.54, 1.807) is 17.9 Å². The van der Waals surface area contributed by atoms with Crippen molar-refractivity contribution < 1.29 is 8.42 Å². The van der Waals surface area contributed by atoms with Gasteiger partial charge in [-0.1, -0.05) is 0 Å². The molecule has 1 unspecified atom stereocenters. The largest absolute Gasteiger partial charge is 0.394 e. The first-order chi connectivity index (χ1) is 7.30. The van der Waals surface area contributed by atoms with Crippen molar-refractivity contribution in [3.05, 3.63) is 6.20 Å². The number of anilines is 2. The number of aromatic nitrogens is 2. The molecule has 2 rings (SSSR count). The number of hydrogen-bond donors (Lipinski definition) is 2. The Balaban J connectivity index is 2.19. The second kappa shape index (κ2) is 3.38. The SMILES string of the molecule is Cn1cc(N)c(NC2(C)CCS(=O)(=O)C2)n1. The van der Waals surface area contributed by atoms with Gasteiger partial charge in [-0.2, -0.15) is 5.10 Å². The molecule has 0 spiro atoms. The third-order valence-corrected chi connectivity index (χ3v) is 4.68. The van der Waals surface area contributed by atoms with Gasteiger partial charge in [0.25, 0.3) is 0 Å². The molecule has 6 nitrogen and oxygen atoms in total. The highest BCUT2D eigenvalue weighted by atomic mass is 32.2. The zero-order chi connectivity index (χ0) is 12.0. The molecule has 0 radical (unpaired) electrons. The number of nitrogen functional groups attached to an aromatic ring is 1. The zero-order valence-corrected chi connectivity index (χ0v) is 10.2. The van der Waals surface area contributed by atoms with Gasteiger partial charge in [0.05, 0.1) is 22.7 Å². The standard InChI is InChI=1S/C9H16N4O2S/c1-9(3-4-16(14,15)6-9)11-8-7(10)5-13(2)12-8/h5H,3-4,6,10H2,1-2H3,(H,11,12). The zero-order valence-electron chi connectivity index (χ0n) is 9.40. The Hall–Kier alpha value is -1.24. The molecule has 0 saturated carbocycles. The molecule has 1 aliphatic heterocycles. The maximum Gasteiger partial charge on any atom is 0.171 e. The van der Waals surface area contributed by atoms with Gasteiger partial charge in [0.2, 0.25) is 0 Å². The van der Waals surface area contributed by atoms with Crippen molar-refractivity contribution in [1.82, 2.24) is 9.78 Å². The summed E-state index contributed by atoms with van der Waals surface area (Å²) in [4.78, 5) is 0. The molecule has 1 saturated heterocycles. The van der Waals surface area contributed by atoms with Crippen molar-refractivity contribution in [3.8, 4) is 0 Å². The lowest BCUT2D eigenvalue weighted by molar-refractivity contribution is 0.570. The summed E-state index contributed by atoms with van der Waals surface area (Å²) in [5.41, 5.74) is 5.83. The molecule has 90 valence electrons. The number of nitrogens with two attached hydrogens (primary N) is 1. The summed E-state index contributed by atoms with van der Waals surface area (Å²) in [5, 5.41) is 7.28. The third kappa shape index (κ3) is 2.13. The summed E-state index contributed by atoms with van der Waals surface area (Å²) in [6.07, 6.45) is 2.28. The fraction of sp³-hybridized carbons (Fsp3) is 0.667. The van der Waals surface area contributed by atoms with Gasteiger partial charge in [-0.15, -0.1) is 0 Å². The Bertz CT molecular complexity index is 508. The molecule has 1 atom stereocenters. The minimum absolute atomic E-state index is 0.135. The van der Waals surface area contributed by atoms with E-state index >= 15 is 0 Å². The smallest absolute Gasteiger partial charge is 0.171 e. The summed E-state index contributed by atoms with van der Waals surface area (Å²) < 4.78 is 24.5. The van der Waals surface area contributed by atoms with Crippen LogP contribution in [-0.4, -0.2) is 35.2 Å². The Morgan fingerprint density at radius 2 is 2.31 bits per heavy atom. The van der Waals surface area contributed by atoms with Crippen molar-refractivity contribution >= 4 is 21.3 Å². The first-order valence-corrected chi connectivity index (χ1v) is 6.90. The number of rotatable bonds is 2. The predicted octanol–water partition coefficient (Wildman–Crippen LogP) is -0.00860. The molecule has 3 N–H and O–H groups in total. The van der Waals surface area contributed by atoms with Crippen LogP contribution in [0.25, 0.3) is 0 Å². The molecule has 1 aliphatic rings. The van der Waals surface area contributed by atoms with E-state index in [9.17, 15) is 8.42 Å². The van der Waals surface area contributed by atoms with Gasteiger partial charge in [0.15, 0.2) is 15.7 Å². The minimum atomic E-state index is -2.92. The topological polar surface area (TPSA) is 90.0 Å². The van der Waals surface area contributed by atoms with Crippen LogP contribution in [0.1, 0.15) is 13.3 Å². The minimum Gasteiger partial charge on any atom is -0.394 e. The normalized spacial score (nSPS) is 28.1. The quantitative estimate of drug-likeness (QED) is 0.763. The van der Waals surface area contributed by atoms with Crippen LogP contribution in [0.4, 0.5) is 11.5 Å². The van der Waals surface area contributed by atoms with Gasteiger partial charge in [0.1, 0.15) is 0 Å². The Morgan fingerprint density at radius 3 is 2.75 bits per heavy atom. The molecule has 1 fully saturated rings. The Morgan fingerprint density at radius 1 is 1.62 bits per heavy atom. The Kier molecular flexibility index (Phi) is 2.37. The molecule has 1 aromatic rings. The van der Waals surface area contributed by atoms with E-state index in [4.69, 9.17) is 5.73 Å². The molecule has 0 aliphatic carbocycles. The van der Waals surface area contributed by atoms with Crippen LogP contribution in [0.3, 0.4) is 0 Å². The van der Waals surface area contributed by atoms with Gasteiger partial charge < -0.3 is 11.1 Å². The van der Waals surface area contributed by atoms with Crippen molar-refractivity contribution in [3.63, 3.8) is 0 Å². The molecule has 16 heavy (non-hydrogen) atoms. The van der Waals surface area contributed by atoms with Gasteiger partial charge in [-0.25, -0.2) is 8.42 Å². The first-order valence-electron chi connectivity index (χ1n) is 5.07. The Labute approximate surface area is 94.7 Å². The number of hydrogen-bond acceptors (Lipinski definition) is 5. The number of sulfone groups is 1. The summed E-state index contributed by atoms with van der Waals surface area (Å²) >= 11 is 0. The number of nitrogens with one attached hydrogen (secondary N) is 1. The lowest BCUT2D eigenvalue weighted by Crippen LogP contribution is -2.36. The lowest BCUT2D eigenvalue weighted by atomic mass is 10.0. The van der Waals surface area contributed by atoms with Crippen LogP contribution in [0.15, 0.2) is 6.20 Å². The lowest BCUT2D eigenvalue weighted by Gasteiger charge is -2.23. The molecule has 0 bridgehead atoms. The molecule has 0 amide bonds. The summed E-state index contributed by atoms with van der Waals surface area (Å²) in [5.74, 6) is 0.918. The van der Waals surface area contributed by atoms with Crippen molar-refractivity contribution in [2.75, 3.05) is 22.6 Å². The van der Waals surface area contributed by atoms with E-state index < -0.39 is 15.4 Å². The van der Waals surface area contributed by atoms with Crippen LogP contribution < -0.4 is 11.1 Å². The van der Waals surface area contributed by atoms with E-state index in [1.165, 1.54) is 0 Å². The average molecular weight is 244 g/mol. The maximum absolute atomic E-state index is 11.4. The summed E-state index contributed by atoms with van der Waals surface area (Å²) in [6.45, 7) is 1.88. The van der Waals surface area contributed by atoms with Crippen LogP contribution in [0.2, 0.25) is 0 Å². The van der Waals surface area contributed by atoms with Gasteiger partial charge in [-0.3, -0.25) is 4.68 Å². The highest BCUT2D eigenvalue weighted by Crippen LogP contribution is 2.28. The molecule has 7 heteroatoms. The fourth-order valence-electron chi connectivity index (χ4n) is 2.00. The van der Waals surface area contributed by atoms with E-state index in [-0.39, 0.29) is 11.5 Å². The number of nitrogens with zero attached hydrogens (tertiary/aromatic N) is 2. The van der Waals surface area contributed by atoms with E-state index in [2.05, 4.69) is 10.4 Å². The predicted molar refractivity (Wildman–Crippen MR) is 62.9 cm³/mol. The van der Waals surface area contributed by atoms with Crippen LogP contribution in [-0.2, 0) is 16.9 Å². The van der Waals surface area contributed by atoms with Gasteiger partial charge in [-0.05, 0) is 13.3 Å². The highest BCUT2D eigenvalue weighted by molar-refractivity contribution is 7.91. The summed E-state index contributed by atoms with van der Waals surface area (Å²) in [7, 11) is -1.14. The first kappa shape index (κ1) is 11.3. The third-order valence-electron chi connectivity index (χ3n) is 2.78. The number of aryl methyl sites for hydroxylation is 1. The van der Waals surface area contributed by atoms with E-state index in [1.807, 2.05) is 6.92 Å². The van der Waals surface area contributed by atoms with Crippen LogP contribution >= 0.6 is 0 Å². The van der Waals surface area contributed by atoms with Gasteiger partial charge in [0, 0.05) is 13.2 Å². The van der Waals surface area contributed by atoms with Crippen molar-refractivity contribution in [2.45, 2.75) is 18.9 Å². The second-order valence-corrected chi connectivity index (χ2v) is 6.82. The second-order valence-electron chi connectivity index (χ2n) is 4.63. The average Bonchev–Trinajstić information content (AvgIpc) is 2.54. The monoisotopic (exact) mass is 244 g/mol. The fourth-order valence-corrected chi connectivity index (χ4v) is 4.09. The molecule has 0 aromatic carbocycles. The van der Waals surface area contributed by atoms with Crippen LogP contribution in [0, 0.1) is 0 Å². The van der Waals surface area contributed by atoms with E-state index in [0.29, 0.717) is 17.9 Å². The van der Waals surface area contributed by atoms with Crippen molar-refractivity contribution in [2.24, 2.45) is 7.05 Å². The van der Waals surface area contributed by atoms with Crippen LogP contribution in [0.5, 0.6) is 0 Å². The molecule has 1 aromatic heterocycles. The highest BCUT2D eigenvalue weighted by Gasteiger charge is 2.39. The summed E-state index contributed by atoms with van der Waals surface area (Å²) in [6, 6.07) is 0. The van der Waals surface area contributed by atoms with Gasteiger partial charge >= 0.3 is 0 Å². The maximum atomic E-state index is 11.4. The molecule has 2 heterocycles. The van der Waals surface area contributed by atoms with E-state index in [0.717, 1.165) is 0 Å². The molecular weight excluding hydrogens is 228 g/mol. The van der Waals surface area contributed by atoms with Crippen molar-refractivity contribution in [1.29, 1.82) is 0 Å². The molecular formula is C9H16N4O2S.